The molecule has 4 aromatic carbocycles. The van der Waals surface area contributed by atoms with Crippen LogP contribution < -0.4 is 9.62 Å². The number of sulfonamides is 1. The van der Waals surface area contributed by atoms with Crippen LogP contribution in [0.4, 0.5) is 5.69 Å². The minimum atomic E-state index is -4.10. The number of amides is 2. The number of rotatable bonds is 11. The fourth-order valence-electron chi connectivity index (χ4n) is 4.36. The Balaban J connectivity index is 1.76. The maximum absolute atomic E-state index is 14.2. The lowest BCUT2D eigenvalue weighted by atomic mass is 10.0. The number of likely N-dealkylation sites (N-methyl/N-ethyl adjacent to an activating group) is 1. The second kappa shape index (κ2) is 13.6. The van der Waals surface area contributed by atoms with Gasteiger partial charge in [-0.15, -0.1) is 0 Å². The molecule has 1 atom stereocenters. The summed E-state index contributed by atoms with van der Waals surface area (Å²) in [5.41, 5.74) is 2.06. The summed E-state index contributed by atoms with van der Waals surface area (Å²) >= 11 is 2.14. The monoisotopic (exact) mass is 667 g/mol. The lowest BCUT2D eigenvalue weighted by molar-refractivity contribution is -0.139. The molecular formula is C31H30IN3O4S. The average Bonchev–Trinajstić information content (AvgIpc) is 2.99. The van der Waals surface area contributed by atoms with E-state index in [1.807, 2.05) is 60.7 Å². The Morgan fingerprint density at radius 1 is 0.775 bits per heavy atom. The highest BCUT2D eigenvalue weighted by Crippen LogP contribution is 2.25. The van der Waals surface area contributed by atoms with E-state index in [9.17, 15) is 18.0 Å². The highest BCUT2D eigenvalue weighted by molar-refractivity contribution is 14.1. The van der Waals surface area contributed by atoms with Crippen molar-refractivity contribution in [1.82, 2.24) is 10.2 Å². The smallest absolute Gasteiger partial charge is 0.264 e. The minimum absolute atomic E-state index is 0.0723. The van der Waals surface area contributed by atoms with Crippen molar-refractivity contribution in [3.63, 3.8) is 0 Å². The predicted molar refractivity (Wildman–Crippen MR) is 165 cm³/mol. The van der Waals surface area contributed by atoms with Crippen molar-refractivity contribution in [2.24, 2.45) is 0 Å². The van der Waals surface area contributed by atoms with Gasteiger partial charge < -0.3 is 10.2 Å². The van der Waals surface area contributed by atoms with Crippen molar-refractivity contribution in [2.75, 3.05) is 17.9 Å². The number of carbonyl (C=O) groups is 2. The largest absolute Gasteiger partial charge is 0.357 e. The first kappa shape index (κ1) is 29.3. The normalized spacial score (nSPS) is 11.8. The zero-order valence-electron chi connectivity index (χ0n) is 22.0. The summed E-state index contributed by atoms with van der Waals surface area (Å²) < 4.78 is 29.8. The van der Waals surface area contributed by atoms with Crippen molar-refractivity contribution in [3.05, 3.63) is 130 Å². The number of carbonyl (C=O) groups excluding carboxylic acids is 2. The molecule has 4 rings (SSSR count). The van der Waals surface area contributed by atoms with Crippen molar-refractivity contribution >= 4 is 50.1 Å². The Kier molecular flexibility index (Phi) is 9.94. The van der Waals surface area contributed by atoms with Gasteiger partial charge in [0.25, 0.3) is 10.0 Å². The molecule has 0 saturated heterocycles. The van der Waals surface area contributed by atoms with Gasteiger partial charge in [-0.25, -0.2) is 8.42 Å². The zero-order chi connectivity index (χ0) is 28.5. The first-order valence-electron chi connectivity index (χ1n) is 12.7. The number of hydrogen-bond acceptors (Lipinski definition) is 4. The maximum Gasteiger partial charge on any atom is 0.264 e. The molecule has 0 fully saturated rings. The van der Waals surface area contributed by atoms with Gasteiger partial charge in [0.2, 0.25) is 11.8 Å². The van der Waals surface area contributed by atoms with Crippen LogP contribution in [0.25, 0.3) is 0 Å². The quantitative estimate of drug-likeness (QED) is 0.232. The molecule has 40 heavy (non-hydrogen) atoms. The maximum atomic E-state index is 14.2. The molecule has 7 nitrogen and oxygen atoms in total. The van der Waals surface area contributed by atoms with Gasteiger partial charge in [0.15, 0.2) is 0 Å². The summed E-state index contributed by atoms with van der Waals surface area (Å²) in [4.78, 5) is 28.9. The molecule has 0 saturated carbocycles. The summed E-state index contributed by atoms with van der Waals surface area (Å²) in [6.07, 6.45) is 0.272. The summed E-state index contributed by atoms with van der Waals surface area (Å²) in [7, 11) is -2.56. The summed E-state index contributed by atoms with van der Waals surface area (Å²) in [5.74, 6) is -0.827. The SMILES string of the molecule is CNC(=O)[C@H](Cc1ccccc1)N(Cc1ccccc1)C(=O)CN(c1ccc(I)cc1)S(=O)(=O)c1ccccc1. The van der Waals surface area contributed by atoms with Gasteiger partial charge in [-0.3, -0.25) is 13.9 Å². The van der Waals surface area contributed by atoms with Gasteiger partial charge in [-0.05, 0) is 70.1 Å². The van der Waals surface area contributed by atoms with Crippen molar-refractivity contribution in [1.29, 1.82) is 0 Å². The van der Waals surface area contributed by atoms with E-state index in [2.05, 4.69) is 27.9 Å². The first-order chi connectivity index (χ1) is 19.3. The van der Waals surface area contributed by atoms with Crippen LogP contribution in [0.3, 0.4) is 0 Å². The molecular weight excluding hydrogens is 637 g/mol. The molecule has 0 spiro atoms. The Morgan fingerprint density at radius 3 is 1.85 bits per heavy atom. The third kappa shape index (κ3) is 7.28. The van der Waals surface area contributed by atoms with Crippen LogP contribution in [0.5, 0.6) is 0 Å². The number of halogens is 1. The fraction of sp³-hybridized carbons (Fsp3) is 0.161. The minimum Gasteiger partial charge on any atom is -0.357 e. The topological polar surface area (TPSA) is 86.8 Å². The van der Waals surface area contributed by atoms with E-state index < -0.39 is 28.5 Å². The zero-order valence-corrected chi connectivity index (χ0v) is 25.0. The Morgan fingerprint density at radius 2 is 1.30 bits per heavy atom. The lowest BCUT2D eigenvalue weighted by Gasteiger charge is -2.33. The Bertz CT molecular complexity index is 1520. The standard InChI is InChI=1S/C31H30IN3O4S/c1-33-31(37)29(21-24-11-5-2-6-12-24)34(22-25-13-7-3-8-14-25)30(36)23-35(27-19-17-26(32)18-20-27)40(38,39)28-15-9-4-10-16-28/h2-20,29H,21-23H2,1H3,(H,33,37)/t29-/m0/s1. The van der Waals surface area contributed by atoms with Crippen LogP contribution in [0.1, 0.15) is 11.1 Å². The summed E-state index contributed by atoms with van der Waals surface area (Å²) in [5, 5.41) is 2.69. The second-order valence-electron chi connectivity index (χ2n) is 9.13. The molecule has 0 aromatic heterocycles. The third-order valence-electron chi connectivity index (χ3n) is 6.44. The molecule has 0 aliphatic heterocycles. The van der Waals surface area contributed by atoms with E-state index in [1.165, 1.54) is 24.1 Å². The van der Waals surface area contributed by atoms with Gasteiger partial charge >= 0.3 is 0 Å². The summed E-state index contributed by atoms with van der Waals surface area (Å²) in [6.45, 7) is -0.344. The van der Waals surface area contributed by atoms with Crippen LogP contribution >= 0.6 is 22.6 Å². The predicted octanol–water partition coefficient (Wildman–Crippen LogP) is 4.87. The Labute approximate surface area is 249 Å². The molecule has 0 radical (unpaired) electrons. The van der Waals surface area contributed by atoms with Crippen LogP contribution in [-0.2, 0) is 32.6 Å². The molecule has 4 aromatic rings. The highest BCUT2D eigenvalue weighted by atomic mass is 127. The Hall–Kier alpha value is -3.70. The van der Waals surface area contributed by atoms with Crippen LogP contribution in [0.15, 0.2) is 120 Å². The summed E-state index contributed by atoms with van der Waals surface area (Å²) in [6, 6.07) is 32.9. The lowest BCUT2D eigenvalue weighted by Crippen LogP contribution is -2.53. The number of benzene rings is 4. The molecule has 9 heteroatoms. The number of anilines is 1. The average molecular weight is 668 g/mol. The molecule has 0 bridgehead atoms. The first-order valence-corrected chi connectivity index (χ1v) is 15.2. The van der Waals surface area contributed by atoms with Crippen molar-refractivity contribution < 1.29 is 18.0 Å². The van der Waals surface area contributed by atoms with E-state index >= 15 is 0 Å². The molecule has 0 aliphatic rings. The van der Waals surface area contributed by atoms with Gasteiger partial charge in [-0.1, -0.05) is 78.9 Å². The number of nitrogens with zero attached hydrogens (tertiary/aromatic N) is 2. The number of nitrogens with one attached hydrogen (secondary N) is 1. The molecule has 1 N–H and O–H groups in total. The van der Waals surface area contributed by atoms with Crippen LogP contribution in [-0.4, -0.2) is 44.8 Å². The van der Waals surface area contributed by atoms with E-state index in [4.69, 9.17) is 0 Å². The molecule has 0 aliphatic carbocycles. The highest BCUT2D eigenvalue weighted by Gasteiger charge is 2.34. The van der Waals surface area contributed by atoms with Crippen LogP contribution in [0, 0.1) is 3.57 Å². The van der Waals surface area contributed by atoms with Gasteiger partial charge in [0.05, 0.1) is 10.6 Å². The molecule has 2 amide bonds. The third-order valence-corrected chi connectivity index (χ3v) is 8.95. The van der Waals surface area contributed by atoms with E-state index in [1.54, 1.807) is 42.5 Å². The van der Waals surface area contributed by atoms with E-state index in [0.29, 0.717) is 5.69 Å². The second-order valence-corrected chi connectivity index (χ2v) is 12.2. The van der Waals surface area contributed by atoms with Gasteiger partial charge in [-0.2, -0.15) is 0 Å². The van der Waals surface area contributed by atoms with Gasteiger partial charge in [0.1, 0.15) is 12.6 Å². The van der Waals surface area contributed by atoms with Crippen LogP contribution in [0.2, 0.25) is 0 Å². The fourth-order valence-corrected chi connectivity index (χ4v) is 6.15. The molecule has 206 valence electrons. The van der Waals surface area contributed by atoms with Gasteiger partial charge in [0, 0.05) is 23.6 Å². The molecule has 0 unspecified atom stereocenters. The van der Waals surface area contributed by atoms with Crippen molar-refractivity contribution in [2.45, 2.75) is 23.9 Å². The number of hydrogen-bond donors (Lipinski definition) is 1. The van der Waals surface area contributed by atoms with E-state index in [-0.39, 0.29) is 23.8 Å². The van der Waals surface area contributed by atoms with E-state index in [0.717, 1.165) is 19.0 Å². The molecule has 0 heterocycles. The van der Waals surface area contributed by atoms with Crippen molar-refractivity contribution in [3.8, 4) is 0 Å².